The van der Waals surface area contributed by atoms with Crippen molar-refractivity contribution in [2.45, 2.75) is 0 Å². The summed E-state index contributed by atoms with van der Waals surface area (Å²) in [7, 11) is 5.64. The SMILES string of the molecule is CN1C(=O)/C(=C\c2c(N3CC[NH+](C)CC3)c3ccccc3n(C)c2=O)SC1=S. The van der Waals surface area contributed by atoms with E-state index in [2.05, 4.69) is 18.0 Å². The molecule has 0 radical (unpaired) electrons. The van der Waals surface area contributed by atoms with Gasteiger partial charge in [-0.2, -0.15) is 0 Å². The van der Waals surface area contributed by atoms with E-state index in [1.165, 1.54) is 21.6 Å². The van der Waals surface area contributed by atoms with E-state index in [1.807, 2.05) is 18.2 Å². The molecule has 0 aliphatic carbocycles. The zero-order chi connectivity index (χ0) is 20.0. The van der Waals surface area contributed by atoms with Gasteiger partial charge in [-0.1, -0.05) is 42.2 Å². The highest BCUT2D eigenvalue weighted by Crippen LogP contribution is 2.35. The van der Waals surface area contributed by atoms with Crippen molar-refractivity contribution in [3.05, 3.63) is 45.1 Å². The number of carbonyl (C=O) groups is 1. The number of hydrogen-bond donors (Lipinski definition) is 1. The van der Waals surface area contributed by atoms with Crippen LogP contribution in [0.4, 0.5) is 5.69 Å². The molecule has 4 rings (SSSR count). The lowest BCUT2D eigenvalue weighted by Gasteiger charge is -2.33. The van der Waals surface area contributed by atoms with E-state index in [0.29, 0.717) is 14.8 Å². The topological polar surface area (TPSA) is 50.0 Å². The Bertz CT molecular complexity index is 1070. The maximum absolute atomic E-state index is 13.3. The quantitative estimate of drug-likeness (QED) is 0.578. The van der Waals surface area contributed by atoms with Gasteiger partial charge < -0.3 is 14.4 Å². The summed E-state index contributed by atoms with van der Waals surface area (Å²) >= 11 is 6.50. The van der Waals surface area contributed by atoms with Gasteiger partial charge >= 0.3 is 0 Å². The molecule has 2 aromatic rings. The zero-order valence-corrected chi connectivity index (χ0v) is 17.8. The number of benzene rings is 1. The number of thiocarbonyl (C=S) groups is 1. The summed E-state index contributed by atoms with van der Waals surface area (Å²) in [6.07, 6.45) is 1.73. The van der Waals surface area contributed by atoms with Gasteiger partial charge in [0.05, 0.1) is 54.9 Å². The first-order chi connectivity index (χ1) is 13.4. The molecule has 1 aromatic carbocycles. The first kappa shape index (κ1) is 19.2. The lowest BCUT2D eigenvalue weighted by atomic mass is 10.1. The Hall–Kier alpha value is -2.16. The molecule has 6 nitrogen and oxygen atoms in total. The molecule has 8 heteroatoms. The lowest BCUT2D eigenvalue weighted by molar-refractivity contribution is -0.880. The van der Waals surface area contributed by atoms with Crippen molar-refractivity contribution in [2.75, 3.05) is 45.2 Å². The lowest BCUT2D eigenvalue weighted by Crippen LogP contribution is -3.12. The first-order valence-corrected chi connectivity index (χ1v) is 10.5. The van der Waals surface area contributed by atoms with Crippen molar-refractivity contribution >= 4 is 56.9 Å². The molecule has 1 N–H and O–H groups in total. The summed E-state index contributed by atoms with van der Waals surface area (Å²) in [5, 5.41) is 1.03. The molecule has 1 aromatic heterocycles. The summed E-state index contributed by atoms with van der Waals surface area (Å²) < 4.78 is 2.18. The number of likely N-dealkylation sites (N-methyl/N-ethyl adjacent to an activating group) is 2. The second-order valence-electron chi connectivity index (χ2n) is 7.33. The van der Waals surface area contributed by atoms with E-state index in [9.17, 15) is 9.59 Å². The van der Waals surface area contributed by atoms with Crippen molar-refractivity contribution in [2.24, 2.45) is 7.05 Å². The number of rotatable bonds is 2. The number of quaternary nitrogens is 1. The predicted octanol–water partition coefficient (Wildman–Crippen LogP) is 0.704. The van der Waals surface area contributed by atoms with Gasteiger partial charge in [0.2, 0.25) is 0 Å². The summed E-state index contributed by atoms with van der Waals surface area (Å²) in [5.74, 6) is -0.154. The number of aromatic nitrogens is 1. The minimum Gasteiger partial charge on any atom is -0.359 e. The van der Waals surface area contributed by atoms with Crippen LogP contribution in [0.25, 0.3) is 17.0 Å². The van der Waals surface area contributed by atoms with Crippen LogP contribution in [0.2, 0.25) is 0 Å². The number of piperazine rings is 1. The number of nitrogens with one attached hydrogen (secondary N) is 1. The Morgan fingerprint density at radius 1 is 1.14 bits per heavy atom. The first-order valence-electron chi connectivity index (χ1n) is 9.28. The van der Waals surface area contributed by atoms with Gasteiger partial charge in [0.1, 0.15) is 4.32 Å². The third-order valence-corrected chi connectivity index (χ3v) is 6.99. The Morgan fingerprint density at radius 3 is 2.46 bits per heavy atom. The molecular formula is C20H23N4O2S2+. The van der Waals surface area contributed by atoms with Crippen LogP contribution in [0.5, 0.6) is 0 Å². The smallest absolute Gasteiger partial charge is 0.265 e. The van der Waals surface area contributed by atoms with E-state index >= 15 is 0 Å². The van der Waals surface area contributed by atoms with Crippen LogP contribution >= 0.6 is 24.0 Å². The van der Waals surface area contributed by atoms with Gasteiger partial charge in [-0.15, -0.1) is 0 Å². The molecule has 2 aliphatic heterocycles. The fourth-order valence-corrected chi connectivity index (χ4v) is 4.92. The Morgan fingerprint density at radius 2 is 1.82 bits per heavy atom. The number of fused-ring (bicyclic) bond motifs is 1. The molecule has 1 amide bonds. The Kier molecular flexibility index (Phi) is 5.03. The summed E-state index contributed by atoms with van der Waals surface area (Å²) in [5.41, 5.74) is 2.29. The maximum atomic E-state index is 13.3. The largest absolute Gasteiger partial charge is 0.359 e. The summed E-state index contributed by atoms with van der Waals surface area (Å²) in [6, 6.07) is 7.96. The molecule has 2 fully saturated rings. The van der Waals surface area contributed by atoms with Crippen molar-refractivity contribution in [3.63, 3.8) is 0 Å². The molecular weight excluding hydrogens is 392 g/mol. The molecule has 2 saturated heterocycles. The van der Waals surface area contributed by atoms with Gasteiger partial charge in [0.15, 0.2) is 0 Å². The van der Waals surface area contributed by atoms with Crippen LogP contribution in [0.15, 0.2) is 34.0 Å². The second-order valence-corrected chi connectivity index (χ2v) is 9.00. The highest BCUT2D eigenvalue weighted by Gasteiger charge is 2.30. The highest BCUT2D eigenvalue weighted by atomic mass is 32.2. The van der Waals surface area contributed by atoms with Crippen LogP contribution in [-0.4, -0.2) is 60.0 Å². The maximum Gasteiger partial charge on any atom is 0.265 e. The summed E-state index contributed by atoms with van der Waals surface area (Å²) in [4.78, 5) is 31.5. The molecule has 0 spiro atoms. The number of pyridine rings is 1. The minimum absolute atomic E-state index is 0.0960. The highest BCUT2D eigenvalue weighted by molar-refractivity contribution is 8.26. The number of thioether (sulfide) groups is 1. The average molecular weight is 416 g/mol. The molecule has 0 unspecified atom stereocenters. The Labute approximate surface area is 173 Å². The number of nitrogens with zero attached hydrogens (tertiary/aromatic N) is 3. The predicted molar refractivity (Wildman–Crippen MR) is 119 cm³/mol. The van der Waals surface area contributed by atoms with Crippen molar-refractivity contribution in [3.8, 4) is 0 Å². The third kappa shape index (κ3) is 3.15. The minimum atomic E-state index is -0.154. The van der Waals surface area contributed by atoms with Crippen LogP contribution in [0, 0.1) is 0 Å². The van der Waals surface area contributed by atoms with Crippen LogP contribution in [0.1, 0.15) is 5.56 Å². The van der Waals surface area contributed by atoms with Crippen LogP contribution in [0.3, 0.4) is 0 Å². The van der Waals surface area contributed by atoms with Gasteiger partial charge in [-0.05, 0) is 12.1 Å². The number of hydrogen-bond acceptors (Lipinski definition) is 5. The molecule has 0 bridgehead atoms. The second kappa shape index (κ2) is 7.35. The number of amides is 1. The fraction of sp³-hybridized carbons (Fsp3) is 0.350. The van der Waals surface area contributed by atoms with Crippen LogP contribution < -0.4 is 15.4 Å². The van der Waals surface area contributed by atoms with E-state index in [1.54, 1.807) is 24.7 Å². The normalized spacial score (nSPS) is 20.0. The van der Waals surface area contributed by atoms with Gasteiger partial charge in [0, 0.05) is 19.5 Å². The van der Waals surface area contributed by atoms with Crippen LogP contribution in [-0.2, 0) is 11.8 Å². The number of anilines is 1. The van der Waals surface area contributed by atoms with Crippen molar-refractivity contribution < 1.29 is 9.69 Å². The van der Waals surface area contributed by atoms with Gasteiger partial charge in [-0.25, -0.2) is 0 Å². The average Bonchev–Trinajstić information content (AvgIpc) is 2.94. The summed E-state index contributed by atoms with van der Waals surface area (Å²) in [6.45, 7) is 3.78. The number of carbonyl (C=O) groups excluding carboxylic acids is 1. The molecule has 28 heavy (non-hydrogen) atoms. The standard InChI is InChI=1S/C20H22N4O2S2/c1-21-8-10-24(11-9-21)17-13-6-4-5-7-15(13)22(2)18(25)14(17)12-16-19(26)23(3)20(27)28-16/h4-7,12H,8-11H2,1-3H3/p+1/b16-12+. The number of aryl methyl sites for hydroxylation is 1. The van der Waals surface area contributed by atoms with Gasteiger partial charge in [-0.3, -0.25) is 14.5 Å². The fourth-order valence-electron chi connectivity index (χ4n) is 3.76. The van der Waals surface area contributed by atoms with E-state index in [-0.39, 0.29) is 11.5 Å². The molecule has 0 atom stereocenters. The molecule has 2 aliphatic rings. The Balaban J connectivity index is 1.96. The van der Waals surface area contributed by atoms with Crippen molar-refractivity contribution in [1.29, 1.82) is 0 Å². The number of para-hydroxylation sites is 1. The molecule has 3 heterocycles. The van der Waals surface area contributed by atoms with E-state index in [4.69, 9.17) is 12.2 Å². The zero-order valence-electron chi connectivity index (χ0n) is 16.2. The third-order valence-electron chi connectivity index (χ3n) is 5.51. The molecule has 0 saturated carbocycles. The van der Waals surface area contributed by atoms with Crippen molar-refractivity contribution in [1.82, 2.24) is 9.47 Å². The molecule has 146 valence electrons. The van der Waals surface area contributed by atoms with E-state index < -0.39 is 0 Å². The monoisotopic (exact) mass is 415 g/mol. The van der Waals surface area contributed by atoms with E-state index in [0.717, 1.165) is 42.8 Å². The van der Waals surface area contributed by atoms with Gasteiger partial charge in [0.25, 0.3) is 11.5 Å².